The fourth-order valence-electron chi connectivity index (χ4n) is 2.53. The van der Waals surface area contributed by atoms with E-state index < -0.39 is 0 Å². The van der Waals surface area contributed by atoms with E-state index in [2.05, 4.69) is 56.8 Å². The molecule has 138 valence electrons. The highest BCUT2D eigenvalue weighted by Crippen LogP contribution is 2.36. The summed E-state index contributed by atoms with van der Waals surface area (Å²) in [5.74, 6) is 0.466. The van der Waals surface area contributed by atoms with E-state index in [1.54, 1.807) is 0 Å². The molecule has 1 aromatic rings. The third-order valence-electron chi connectivity index (χ3n) is 3.33. The average Bonchev–Trinajstić information content (AvgIpc) is 2.69. The van der Waals surface area contributed by atoms with Crippen molar-refractivity contribution < 1.29 is 0 Å². The van der Waals surface area contributed by atoms with Crippen molar-refractivity contribution >= 4 is 0 Å². The molecule has 0 saturated heterocycles. The average molecular weight is 331 g/mol. The minimum absolute atomic E-state index is 0.466. The molecule has 0 heteroatoms. The second kappa shape index (κ2) is 19.5. The maximum absolute atomic E-state index is 3.95. The molecule has 1 unspecified atom stereocenters. The van der Waals surface area contributed by atoms with Gasteiger partial charge < -0.3 is 0 Å². The van der Waals surface area contributed by atoms with Crippen LogP contribution in [-0.4, -0.2) is 0 Å². The summed E-state index contributed by atoms with van der Waals surface area (Å²) < 4.78 is 0. The summed E-state index contributed by atoms with van der Waals surface area (Å²) in [5, 5.41) is 0. The standard InChI is InChI=1S/C16H18.4C2H6/c1-4-8-13-11-14-9-6-7-10-16(14)12(3)15(13)5-2;4*1-2/h4-10,12H,2,11H2,1,3H3;4*1-2H3/b8-4-;;;;. The van der Waals surface area contributed by atoms with Gasteiger partial charge in [-0.3, -0.25) is 0 Å². The maximum atomic E-state index is 3.95. The van der Waals surface area contributed by atoms with E-state index in [0.717, 1.165) is 6.42 Å². The molecule has 0 N–H and O–H groups in total. The highest BCUT2D eigenvalue weighted by atomic mass is 14.2. The van der Waals surface area contributed by atoms with Gasteiger partial charge in [-0.2, -0.15) is 0 Å². The highest BCUT2D eigenvalue weighted by molar-refractivity contribution is 5.50. The van der Waals surface area contributed by atoms with Crippen LogP contribution >= 0.6 is 0 Å². The third-order valence-corrected chi connectivity index (χ3v) is 3.33. The molecule has 1 aliphatic carbocycles. The van der Waals surface area contributed by atoms with Crippen molar-refractivity contribution in [3.63, 3.8) is 0 Å². The smallest absolute Gasteiger partial charge is 0.00664 e. The largest absolute Gasteiger partial charge is 0.0988 e. The van der Waals surface area contributed by atoms with Crippen LogP contribution in [0.2, 0.25) is 0 Å². The van der Waals surface area contributed by atoms with Crippen LogP contribution in [0.25, 0.3) is 0 Å². The highest BCUT2D eigenvalue weighted by Gasteiger charge is 2.20. The Kier molecular flexibility index (Phi) is 22.2. The maximum Gasteiger partial charge on any atom is 0.00664 e. The van der Waals surface area contributed by atoms with E-state index in [0.29, 0.717) is 5.92 Å². The minimum Gasteiger partial charge on any atom is -0.0988 e. The van der Waals surface area contributed by atoms with Crippen LogP contribution in [0.1, 0.15) is 86.3 Å². The lowest BCUT2D eigenvalue weighted by Gasteiger charge is -2.26. The van der Waals surface area contributed by atoms with Gasteiger partial charge in [0.1, 0.15) is 0 Å². The normalized spacial score (nSPS) is 14.3. The molecule has 0 aromatic heterocycles. The Morgan fingerprint density at radius 2 is 1.42 bits per heavy atom. The van der Waals surface area contributed by atoms with E-state index in [9.17, 15) is 0 Å². The SMILES string of the molecule is C=CC1=C(/C=C\C)Cc2ccccc2C1C.CC.CC.CC.CC. The van der Waals surface area contributed by atoms with E-state index in [4.69, 9.17) is 0 Å². The van der Waals surface area contributed by atoms with Crippen LogP contribution in [0.3, 0.4) is 0 Å². The van der Waals surface area contributed by atoms with Crippen molar-refractivity contribution in [3.8, 4) is 0 Å². The van der Waals surface area contributed by atoms with Gasteiger partial charge in [-0.05, 0) is 35.6 Å². The topological polar surface area (TPSA) is 0 Å². The molecular weight excluding hydrogens is 288 g/mol. The fraction of sp³-hybridized carbons (Fsp3) is 0.500. The van der Waals surface area contributed by atoms with E-state index in [-0.39, 0.29) is 0 Å². The Morgan fingerprint density at radius 1 is 0.917 bits per heavy atom. The lowest BCUT2D eigenvalue weighted by molar-refractivity contribution is 0.848. The second-order valence-electron chi connectivity index (χ2n) is 4.28. The van der Waals surface area contributed by atoms with Gasteiger partial charge >= 0.3 is 0 Å². The van der Waals surface area contributed by atoms with E-state index >= 15 is 0 Å². The molecule has 0 fully saturated rings. The first kappa shape index (κ1) is 27.3. The van der Waals surface area contributed by atoms with Crippen LogP contribution in [0.4, 0.5) is 0 Å². The van der Waals surface area contributed by atoms with Crippen LogP contribution < -0.4 is 0 Å². The first-order valence-electron chi connectivity index (χ1n) is 9.84. The molecule has 0 bridgehead atoms. The summed E-state index contributed by atoms with van der Waals surface area (Å²) in [6.07, 6.45) is 7.37. The number of hydrogen-bond donors (Lipinski definition) is 0. The van der Waals surface area contributed by atoms with Crippen molar-refractivity contribution in [1.82, 2.24) is 0 Å². The number of hydrogen-bond acceptors (Lipinski definition) is 0. The minimum atomic E-state index is 0.466. The Morgan fingerprint density at radius 3 is 1.88 bits per heavy atom. The number of allylic oxidation sites excluding steroid dienone is 5. The molecule has 0 saturated carbocycles. The van der Waals surface area contributed by atoms with Gasteiger partial charge in [-0.25, -0.2) is 0 Å². The second-order valence-corrected chi connectivity index (χ2v) is 4.28. The van der Waals surface area contributed by atoms with Gasteiger partial charge in [0.2, 0.25) is 0 Å². The quantitative estimate of drug-likeness (QED) is 0.509. The fourth-order valence-corrected chi connectivity index (χ4v) is 2.53. The monoisotopic (exact) mass is 330 g/mol. The molecule has 0 heterocycles. The van der Waals surface area contributed by atoms with Crippen molar-refractivity contribution in [2.45, 2.75) is 81.6 Å². The Hall–Kier alpha value is -1.56. The Balaban J connectivity index is -0.000000484. The summed E-state index contributed by atoms with van der Waals surface area (Å²) >= 11 is 0. The van der Waals surface area contributed by atoms with Crippen LogP contribution in [0.5, 0.6) is 0 Å². The zero-order valence-corrected chi connectivity index (χ0v) is 18.0. The molecule has 1 atom stereocenters. The zero-order chi connectivity index (χ0) is 19.5. The molecule has 0 aliphatic heterocycles. The summed E-state index contributed by atoms with van der Waals surface area (Å²) in [7, 11) is 0. The number of fused-ring (bicyclic) bond motifs is 1. The van der Waals surface area contributed by atoms with Crippen molar-refractivity contribution in [3.05, 3.63) is 71.3 Å². The molecule has 2 rings (SSSR count). The first-order chi connectivity index (χ1) is 11.8. The first-order valence-corrected chi connectivity index (χ1v) is 9.84. The van der Waals surface area contributed by atoms with Gasteiger partial charge in [0.15, 0.2) is 0 Å². The van der Waals surface area contributed by atoms with Gasteiger partial charge in [0.25, 0.3) is 0 Å². The molecule has 24 heavy (non-hydrogen) atoms. The van der Waals surface area contributed by atoms with Gasteiger partial charge in [0.05, 0.1) is 0 Å². The van der Waals surface area contributed by atoms with Crippen molar-refractivity contribution in [2.24, 2.45) is 0 Å². The summed E-state index contributed by atoms with van der Waals surface area (Å²) in [6.45, 7) is 24.3. The predicted molar refractivity (Wildman–Crippen MR) is 116 cm³/mol. The van der Waals surface area contributed by atoms with Crippen molar-refractivity contribution in [1.29, 1.82) is 0 Å². The molecule has 0 radical (unpaired) electrons. The van der Waals surface area contributed by atoms with Crippen LogP contribution in [-0.2, 0) is 6.42 Å². The molecule has 1 aromatic carbocycles. The Labute approximate surface area is 153 Å². The predicted octanol–water partition coefficient (Wildman–Crippen LogP) is 8.51. The lowest BCUT2D eigenvalue weighted by atomic mass is 9.79. The lowest BCUT2D eigenvalue weighted by Crippen LogP contribution is -2.10. The van der Waals surface area contributed by atoms with E-state index in [1.165, 1.54) is 22.3 Å². The van der Waals surface area contributed by atoms with Crippen LogP contribution in [0.15, 0.2) is 60.2 Å². The molecule has 0 nitrogen and oxygen atoms in total. The Bertz CT molecular complexity index is 461. The molecule has 0 spiro atoms. The summed E-state index contributed by atoms with van der Waals surface area (Å²) in [5.41, 5.74) is 5.68. The van der Waals surface area contributed by atoms with Gasteiger partial charge in [-0.1, -0.05) is 111 Å². The zero-order valence-electron chi connectivity index (χ0n) is 18.0. The van der Waals surface area contributed by atoms with E-state index in [1.807, 2.05) is 61.5 Å². The summed E-state index contributed by atoms with van der Waals surface area (Å²) in [6, 6.07) is 8.71. The molecular formula is C24H42. The van der Waals surface area contributed by atoms with Gasteiger partial charge in [-0.15, -0.1) is 0 Å². The number of benzene rings is 1. The van der Waals surface area contributed by atoms with Crippen LogP contribution in [0, 0.1) is 0 Å². The molecule has 1 aliphatic rings. The summed E-state index contributed by atoms with van der Waals surface area (Å²) in [4.78, 5) is 0. The van der Waals surface area contributed by atoms with Crippen molar-refractivity contribution in [2.75, 3.05) is 0 Å². The molecule has 0 amide bonds. The number of rotatable bonds is 2. The third kappa shape index (κ3) is 8.34. The van der Waals surface area contributed by atoms with Gasteiger partial charge in [0, 0.05) is 5.92 Å².